The fourth-order valence-corrected chi connectivity index (χ4v) is 1.74. The molecule has 2 rings (SSSR count). The number of nitrogens with zero attached hydrogens (tertiary/aromatic N) is 4. The second-order valence-corrected chi connectivity index (χ2v) is 4.29. The van der Waals surface area contributed by atoms with Gasteiger partial charge in [-0.2, -0.15) is 5.21 Å². The van der Waals surface area contributed by atoms with Crippen LogP contribution in [0.15, 0.2) is 22.7 Å². The number of benzene rings is 1. The molecule has 1 aromatic carbocycles. The summed E-state index contributed by atoms with van der Waals surface area (Å²) in [4.78, 5) is 22.0. The number of aromatic nitrogens is 4. The van der Waals surface area contributed by atoms with Crippen molar-refractivity contribution in [3.05, 3.63) is 44.2 Å². The molecule has 0 fully saturated rings. The average Bonchev–Trinajstić information content (AvgIpc) is 2.89. The third kappa shape index (κ3) is 3.10. The van der Waals surface area contributed by atoms with Gasteiger partial charge in [0, 0.05) is 16.6 Å². The van der Waals surface area contributed by atoms with Crippen LogP contribution in [0.1, 0.15) is 16.2 Å². The Kier molecular flexibility index (Phi) is 3.80. The first-order valence-corrected chi connectivity index (χ1v) is 5.81. The predicted octanol–water partition coefficient (Wildman–Crippen LogP) is 0.800. The zero-order chi connectivity index (χ0) is 13.8. The molecule has 0 bridgehead atoms. The number of halogens is 1. The highest BCUT2D eigenvalue weighted by molar-refractivity contribution is 9.10. The van der Waals surface area contributed by atoms with Gasteiger partial charge in [0.2, 0.25) is 0 Å². The first-order chi connectivity index (χ1) is 9.08. The third-order valence-electron chi connectivity index (χ3n) is 2.20. The Morgan fingerprint density at radius 1 is 1.53 bits per heavy atom. The summed E-state index contributed by atoms with van der Waals surface area (Å²) in [7, 11) is 0. The van der Waals surface area contributed by atoms with Gasteiger partial charge in [0.05, 0.1) is 17.0 Å². The molecule has 1 amide bonds. The summed E-state index contributed by atoms with van der Waals surface area (Å²) in [5, 5.41) is 26.1. The molecule has 0 saturated heterocycles. The van der Waals surface area contributed by atoms with E-state index in [-0.39, 0.29) is 17.8 Å². The van der Waals surface area contributed by atoms with Crippen LogP contribution < -0.4 is 5.32 Å². The second kappa shape index (κ2) is 5.52. The van der Waals surface area contributed by atoms with Crippen molar-refractivity contribution in [2.75, 3.05) is 0 Å². The van der Waals surface area contributed by atoms with E-state index in [2.05, 4.69) is 41.9 Å². The molecule has 98 valence electrons. The average molecular weight is 327 g/mol. The zero-order valence-corrected chi connectivity index (χ0v) is 10.9. The maximum absolute atomic E-state index is 11.9. The van der Waals surface area contributed by atoms with E-state index in [1.54, 1.807) is 0 Å². The lowest BCUT2D eigenvalue weighted by molar-refractivity contribution is -0.384. The largest absolute Gasteiger partial charge is 0.345 e. The minimum atomic E-state index is -0.567. The normalized spacial score (nSPS) is 10.2. The van der Waals surface area contributed by atoms with Crippen LogP contribution in [0.25, 0.3) is 0 Å². The lowest BCUT2D eigenvalue weighted by atomic mass is 10.2. The number of hydrogen-bond donors (Lipinski definition) is 2. The van der Waals surface area contributed by atoms with Gasteiger partial charge in [0.25, 0.3) is 11.6 Å². The molecule has 9 nitrogen and oxygen atoms in total. The maximum Gasteiger partial charge on any atom is 0.270 e. The van der Waals surface area contributed by atoms with Crippen molar-refractivity contribution in [2.45, 2.75) is 6.54 Å². The first-order valence-electron chi connectivity index (χ1n) is 5.02. The number of rotatable bonds is 4. The van der Waals surface area contributed by atoms with E-state index < -0.39 is 10.8 Å². The third-order valence-corrected chi connectivity index (χ3v) is 2.89. The van der Waals surface area contributed by atoms with Crippen LogP contribution >= 0.6 is 15.9 Å². The number of tetrazole rings is 1. The standard InChI is InChI=1S/C9H7BrN6O3/c10-7-2-1-5(16(18)19)3-6(7)9(17)11-4-8-12-14-15-13-8/h1-3H,4H2,(H,11,17)(H,12,13,14,15). The summed E-state index contributed by atoms with van der Waals surface area (Å²) in [6.45, 7) is 0.0739. The molecule has 0 aliphatic rings. The number of nitrogens with one attached hydrogen (secondary N) is 2. The number of nitro benzene ring substituents is 1. The second-order valence-electron chi connectivity index (χ2n) is 3.43. The molecule has 0 saturated carbocycles. The molecule has 0 radical (unpaired) electrons. The summed E-state index contributed by atoms with van der Waals surface area (Å²) >= 11 is 3.17. The van der Waals surface area contributed by atoms with Gasteiger partial charge in [-0.05, 0) is 22.0 Å². The van der Waals surface area contributed by atoms with Crippen molar-refractivity contribution in [2.24, 2.45) is 0 Å². The fourth-order valence-electron chi connectivity index (χ4n) is 1.31. The molecule has 0 spiro atoms. The fraction of sp³-hybridized carbons (Fsp3) is 0.111. The van der Waals surface area contributed by atoms with Gasteiger partial charge in [0.1, 0.15) is 0 Å². The predicted molar refractivity (Wildman–Crippen MR) is 66.1 cm³/mol. The lowest BCUT2D eigenvalue weighted by Crippen LogP contribution is -2.24. The minimum absolute atomic E-state index is 0.0739. The van der Waals surface area contributed by atoms with E-state index in [4.69, 9.17) is 0 Å². The highest BCUT2D eigenvalue weighted by Crippen LogP contribution is 2.22. The Morgan fingerprint density at radius 2 is 2.32 bits per heavy atom. The van der Waals surface area contributed by atoms with Gasteiger partial charge in [0.15, 0.2) is 5.82 Å². The molecular weight excluding hydrogens is 320 g/mol. The van der Waals surface area contributed by atoms with Crippen molar-refractivity contribution in [1.82, 2.24) is 25.9 Å². The van der Waals surface area contributed by atoms with Gasteiger partial charge >= 0.3 is 0 Å². The van der Waals surface area contributed by atoms with E-state index >= 15 is 0 Å². The molecule has 0 atom stereocenters. The van der Waals surface area contributed by atoms with Crippen molar-refractivity contribution >= 4 is 27.5 Å². The van der Waals surface area contributed by atoms with Crippen LogP contribution in [0, 0.1) is 10.1 Å². The summed E-state index contributed by atoms with van der Waals surface area (Å²) < 4.78 is 0.462. The van der Waals surface area contributed by atoms with E-state index in [0.717, 1.165) is 0 Å². The quantitative estimate of drug-likeness (QED) is 0.632. The Balaban J connectivity index is 2.14. The monoisotopic (exact) mass is 326 g/mol. The van der Waals surface area contributed by atoms with Crippen LogP contribution in [0.4, 0.5) is 5.69 Å². The van der Waals surface area contributed by atoms with Gasteiger partial charge in [-0.15, -0.1) is 10.2 Å². The van der Waals surface area contributed by atoms with Crippen molar-refractivity contribution < 1.29 is 9.72 Å². The van der Waals surface area contributed by atoms with Gasteiger partial charge < -0.3 is 5.32 Å². The molecule has 19 heavy (non-hydrogen) atoms. The Bertz CT molecular complexity index is 614. The smallest absolute Gasteiger partial charge is 0.270 e. The summed E-state index contributed by atoms with van der Waals surface area (Å²) in [6.07, 6.45) is 0. The van der Waals surface area contributed by atoms with Crippen molar-refractivity contribution in [1.29, 1.82) is 0 Å². The molecule has 0 aliphatic carbocycles. The first kappa shape index (κ1) is 13.1. The number of hydrogen-bond acceptors (Lipinski definition) is 6. The van der Waals surface area contributed by atoms with E-state index in [0.29, 0.717) is 10.3 Å². The summed E-state index contributed by atoms with van der Waals surface area (Å²) in [6, 6.07) is 3.94. The van der Waals surface area contributed by atoms with Crippen LogP contribution in [-0.4, -0.2) is 31.5 Å². The minimum Gasteiger partial charge on any atom is -0.345 e. The van der Waals surface area contributed by atoms with Crippen LogP contribution in [0.5, 0.6) is 0 Å². The number of nitro groups is 1. The van der Waals surface area contributed by atoms with Gasteiger partial charge in [-0.3, -0.25) is 14.9 Å². The lowest BCUT2D eigenvalue weighted by Gasteiger charge is -2.04. The van der Waals surface area contributed by atoms with Crippen LogP contribution in [-0.2, 0) is 6.54 Å². The molecule has 0 unspecified atom stereocenters. The Morgan fingerprint density at radius 3 is 2.95 bits per heavy atom. The number of aromatic amines is 1. The SMILES string of the molecule is O=C(NCc1nn[nH]n1)c1cc([N+](=O)[O-])ccc1Br. The summed E-state index contributed by atoms with van der Waals surface area (Å²) in [5.41, 5.74) is 0.00519. The van der Waals surface area contributed by atoms with Crippen molar-refractivity contribution in [3.8, 4) is 0 Å². The van der Waals surface area contributed by atoms with Crippen molar-refractivity contribution in [3.63, 3.8) is 0 Å². The number of carbonyl (C=O) groups excluding carboxylic acids is 1. The Labute approximate surface area is 114 Å². The highest BCUT2D eigenvalue weighted by Gasteiger charge is 2.15. The molecule has 2 aromatic rings. The van der Waals surface area contributed by atoms with Crippen LogP contribution in [0.3, 0.4) is 0 Å². The van der Waals surface area contributed by atoms with Crippen LogP contribution in [0.2, 0.25) is 0 Å². The maximum atomic E-state index is 11.9. The molecular formula is C9H7BrN6O3. The molecule has 1 heterocycles. The molecule has 0 aliphatic heterocycles. The Hall–Kier alpha value is -2.36. The molecule has 2 N–H and O–H groups in total. The summed E-state index contributed by atoms with van der Waals surface area (Å²) in [5.74, 6) is -0.157. The number of carbonyl (C=O) groups is 1. The van der Waals surface area contributed by atoms with E-state index in [1.165, 1.54) is 18.2 Å². The zero-order valence-electron chi connectivity index (χ0n) is 9.33. The number of non-ortho nitro benzene ring substituents is 1. The molecule has 10 heteroatoms. The highest BCUT2D eigenvalue weighted by atomic mass is 79.9. The van der Waals surface area contributed by atoms with Gasteiger partial charge in [-0.25, -0.2) is 0 Å². The number of amides is 1. The number of H-pyrrole nitrogens is 1. The van der Waals surface area contributed by atoms with Gasteiger partial charge in [-0.1, -0.05) is 5.21 Å². The van der Waals surface area contributed by atoms with E-state index in [1.807, 2.05) is 0 Å². The molecule has 1 aromatic heterocycles. The van der Waals surface area contributed by atoms with E-state index in [9.17, 15) is 14.9 Å². The topological polar surface area (TPSA) is 127 Å².